The number of anilines is 1. The highest BCUT2D eigenvalue weighted by molar-refractivity contribution is 6.03. The SMILES string of the molecule is CC(N)(OC(=O)N(C=O)c1ccccc1)c1ccccc1. The Labute approximate surface area is 122 Å². The highest BCUT2D eigenvalue weighted by Crippen LogP contribution is 2.21. The van der Waals surface area contributed by atoms with Gasteiger partial charge in [-0.2, -0.15) is 0 Å². The molecule has 0 aliphatic heterocycles. The molecule has 0 saturated heterocycles. The van der Waals surface area contributed by atoms with Gasteiger partial charge in [-0.3, -0.25) is 10.5 Å². The first-order chi connectivity index (χ1) is 10.0. The molecule has 0 heterocycles. The van der Waals surface area contributed by atoms with E-state index >= 15 is 0 Å². The summed E-state index contributed by atoms with van der Waals surface area (Å²) >= 11 is 0. The minimum atomic E-state index is -1.33. The van der Waals surface area contributed by atoms with Crippen molar-refractivity contribution in [1.29, 1.82) is 0 Å². The van der Waals surface area contributed by atoms with E-state index < -0.39 is 11.8 Å². The van der Waals surface area contributed by atoms with Gasteiger partial charge in [-0.25, -0.2) is 9.69 Å². The van der Waals surface area contributed by atoms with Gasteiger partial charge in [0.25, 0.3) is 0 Å². The monoisotopic (exact) mass is 284 g/mol. The van der Waals surface area contributed by atoms with Crippen molar-refractivity contribution in [3.63, 3.8) is 0 Å². The molecule has 0 aliphatic rings. The Morgan fingerprint density at radius 3 is 2.14 bits per heavy atom. The number of hydrogen-bond donors (Lipinski definition) is 1. The van der Waals surface area contributed by atoms with Crippen molar-refractivity contribution in [1.82, 2.24) is 0 Å². The second kappa shape index (κ2) is 6.19. The van der Waals surface area contributed by atoms with Crippen LogP contribution in [-0.4, -0.2) is 12.5 Å². The molecule has 2 rings (SSSR count). The van der Waals surface area contributed by atoms with Gasteiger partial charge in [0, 0.05) is 5.56 Å². The van der Waals surface area contributed by atoms with Gasteiger partial charge in [-0.05, 0) is 19.1 Å². The normalized spacial score (nSPS) is 13.0. The Morgan fingerprint density at radius 1 is 1.10 bits per heavy atom. The summed E-state index contributed by atoms with van der Waals surface area (Å²) in [5.41, 5.74) is 5.75. The molecule has 5 nitrogen and oxygen atoms in total. The molecule has 5 heteroatoms. The quantitative estimate of drug-likeness (QED) is 0.692. The van der Waals surface area contributed by atoms with Crippen LogP contribution in [0.15, 0.2) is 60.7 Å². The number of nitrogens with two attached hydrogens (primary N) is 1. The van der Waals surface area contributed by atoms with Crippen LogP contribution < -0.4 is 10.6 Å². The van der Waals surface area contributed by atoms with E-state index in [1.807, 2.05) is 6.07 Å². The van der Waals surface area contributed by atoms with E-state index in [0.29, 0.717) is 17.7 Å². The lowest BCUT2D eigenvalue weighted by Gasteiger charge is -2.27. The first-order valence-corrected chi connectivity index (χ1v) is 6.41. The van der Waals surface area contributed by atoms with Gasteiger partial charge < -0.3 is 4.74 Å². The van der Waals surface area contributed by atoms with Crippen molar-refractivity contribution in [2.24, 2.45) is 5.73 Å². The van der Waals surface area contributed by atoms with E-state index in [4.69, 9.17) is 10.5 Å². The van der Waals surface area contributed by atoms with Crippen molar-refractivity contribution >= 4 is 18.2 Å². The van der Waals surface area contributed by atoms with Crippen LogP contribution >= 0.6 is 0 Å². The van der Waals surface area contributed by atoms with Crippen molar-refractivity contribution in [2.75, 3.05) is 4.90 Å². The maximum Gasteiger partial charge on any atom is 0.423 e. The van der Waals surface area contributed by atoms with Crippen LogP contribution in [0.5, 0.6) is 0 Å². The summed E-state index contributed by atoms with van der Waals surface area (Å²) in [5, 5.41) is 0. The molecule has 0 aromatic heterocycles. The van der Waals surface area contributed by atoms with E-state index in [1.54, 1.807) is 61.5 Å². The molecule has 0 radical (unpaired) electrons. The van der Waals surface area contributed by atoms with Crippen LogP contribution in [0.4, 0.5) is 10.5 Å². The van der Waals surface area contributed by atoms with Crippen molar-refractivity contribution in [2.45, 2.75) is 12.6 Å². The number of carbonyl (C=O) groups is 2. The lowest BCUT2D eigenvalue weighted by molar-refractivity contribution is -0.107. The van der Waals surface area contributed by atoms with Gasteiger partial charge in [0.1, 0.15) is 0 Å². The first kappa shape index (κ1) is 14.7. The van der Waals surface area contributed by atoms with Gasteiger partial charge in [-0.15, -0.1) is 0 Å². The van der Waals surface area contributed by atoms with E-state index in [0.717, 1.165) is 4.90 Å². The number of benzene rings is 2. The topological polar surface area (TPSA) is 72.6 Å². The van der Waals surface area contributed by atoms with Crippen LogP contribution in [0.3, 0.4) is 0 Å². The molecule has 0 saturated carbocycles. The smallest absolute Gasteiger partial charge is 0.423 e. The molecule has 21 heavy (non-hydrogen) atoms. The van der Waals surface area contributed by atoms with Crippen LogP contribution in [0.1, 0.15) is 12.5 Å². The van der Waals surface area contributed by atoms with E-state index in [2.05, 4.69) is 0 Å². The minimum Gasteiger partial charge on any atom is -0.423 e. The molecule has 1 atom stereocenters. The van der Waals surface area contributed by atoms with Crippen LogP contribution in [0.25, 0.3) is 0 Å². The van der Waals surface area contributed by atoms with Gasteiger partial charge in [-0.1, -0.05) is 48.5 Å². The van der Waals surface area contributed by atoms with Gasteiger partial charge in [0.2, 0.25) is 6.41 Å². The fourth-order valence-corrected chi connectivity index (χ4v) is 1.86. The number of rotatable bonds is 4. The average molecular weight is 284 g/mol. The largest absolute Gasteiger partial charge is 0.423 e. The summed E-state index contributed by atoms with van der Waals surface area (Å²) in [7, 11) is 0. The number of hydrogen-bond acceptors (Lipinski definition) is 4. The van der Waals surface area contributed by atoms with E-state index in [9.17, 15) is 9.59 Å². The predicted molar refractivity (Wildman–Crippen MR) is 79.4 cm³/mol. The zero-order valence-electron chi connectivity index (χ0n) is 11.6. The second-order valence-corrected chi connectivity index (χ2v) is 4.65. The highest BCUT2D eigenvalue weighted by atomic mass is 16.6. The summed E-state index contributed by atoms with van der Waals surface area (Å²) in [6.07, 6.45) is -0.427. The maximum atomic E-state index is 12.2. The molecule has 1 unspecified atom stereocenters. The summed E-state index contributed by atoms with van der Waals surface area (Å²) in [5.74, 6) is 0. The summed E-state index contributed by atoms with van der Waals surface area (Å²) in [6, 6.07) is 17.4. The number of amides is 2. The third-order valence-electron chi connectivity index (χ3n) is 2.98. The molecular formula is C16H16N2O3. The van der Waals surface area contributed by atoms with Crippen molar-refractivity contribution in [3.8, 4) is 0 Å². The summed E-state index contributed by atoms with van der Waals surface area (Å²) in [6.45, 7) is 1.56. The Bertz CT molecular complexity index is 612. The molecule has 0 aliphatic carbocycles. The zero-order chi connectivity index (χ0) is 15.3. The van der Waals surface area contributed by atoms with Crippen molar-refractivity contribution < 1.29 is 14.3 Å². The van der Waals surface area contributed by atoms with Gasteiger partial charge in [0.15, 0.2) is 5.72 Å². The zero-order valence-corrected chi connectivity index (χ0v) is 11.6. The standard InChI is InChI=1S/C16H16N2O3/c1-16(17,13-8-4-2-5-9-13)21-15(20)18(12-19)14-10-6-3-7-11-14/h2-12H,17H2,1H3. The Kier molecular flexibility index (Phi) is 4.35. The van der Waals surface area contributed by atoms with Gasteiger partial charge >= 0.3 is 6.09 Å². The number of nitrogens with zero attached hydrogens (tertiary/aromatic N) is 1. The van der Waals surface area contributed by atoms with Crippen LogP contribution in [0.2, 0.25) is 0 Å². The van der Waals surface area contributed by atoms with Crippen molar-refractivity contribution in [3.05, 3.63) is 66.2 Å². The third-order valence-corrected chi connectivity index (χ3v) is 2.98. The molecule has 2 N–H and O–H groups in total. The predicted octanol–water partition coefficient (Wildman–Crippen LogP) is 2.62. The maximum absolute atomic E-state index is 12.2. The fourth-order valence-electron chi connectivity index (χ4n) is 1.86. The Morgan fingerprint density at radius 2 is 1.62 bits per heavy atom. The van der Waals surface area contributed by atoms with E-state index in [-0.39, 0.29) is 0 Å². The molecular weight excluding hydrogens is 268 g/mol. The Balaban J connectivity index is 2.18. The molecule has 0 spiro atoms. The highest BCUT2D eigenvalue weighted by Gasteiger charge is 2.29. The lowest BCUT2D eigenvalue weighted by atomic mass is 10.1. The molecule has 2 aromatic rings. The number of para-hydroxylation sites is 1. The third kappa shape index (κ3) is 3.46. The summed E-state index contributed by atoms with van der Waals surface area (Å²) < 4.78 is 5.26. The summed E-state index contributed by atoms with van der Waals surface area (Å²) in [4.78, 5) is 24.2. The number of ether oxygens (including phenoxy) is 1. The molecule has 108 valence electrons. The molecule has 0 bridgehead atoms. The van der Waals surface area contributed by atoms with Crippen LogP contribution in [-0.2, 0) is 15.3 Å². The minimum absolute atomic E-state index is 0.402. The first-order valence-electron chi connectivity index (χ1n) is 6.41. The number of carbonyl (C=O) groups excluding carboxylic acids is 2. The fraction of sp³-hybridized carbons (Fsp3) is 0.125. The van der Waals surface area contributed by atoms with Gasteiger partial charge in [0.05, 0.1) is 5.69 Å². The van der Waals surface area contributed by atoms with E-state index in [1.165, 1.54) is 0 Å². The lowest BCUT2D eigenvalue weighted by Crippen LogP contribution is -2.43. The number of imide groups is 1. The molecule has 0 fully saturated rings. The second-order valence-electron chi connectivity index (χ2n) is 4.65. The molecule has 2 aromatic carbocycles. The van der Waals surface area contributed by atoms with Crippen LogP contribution in [0, 0.1) is 0 Å². The molecule has 2 amide bonds. The average Bonchev–Trinajstić information content (AvgIpc) is 2.49. The Hall–Kier alpha value is -2.66.